The maximum Gasteiger partial charge on any atom is 0.417 e. The van der Waals surface area contributed by atoms with Gasteiger partial charge in [0, 0.05) is 0 Å². The SMILES string of the molecule is CCCCCCCCCOC(=O)CNC(=O)c1ccccc1C(F)(F)F. The molecule has 0 aliphatic carbocycles. The lowest BCUT2D eigenvalue weighted by atomic mass is 10.1. The Morgan fingerprint density at radius 3 is 2.27 bits per heavy atom. The lowest BCUT2D eigenvalue weighted by Crippen LogP contribution is -2.32. The van der Waals surface area contributed by atoms with Crippen LogP contribution in [-0.4, -0.2) is 25.0 Å². The van der Waals surface area contributed by atoms with Gasteiger partial charge < -0.3 is 10.1 Å². The summed E-state index contributed by atoms with van der Waals surface area (Å²) < 4.78 is 43.6. The van der Waals surface area contributed by atoms with E-state index in [1.54, 1.807) is 0 Å². The summed E-state index contributed by atoms with van der Waals surface area (Å²) >= 11 is 0. The Morgan fingerprint density at radius 1 is 1.00 bits per heavy atom. The van der Waals surface area contributed by atoms with Gasteiger partial charge in [-0.25, -0.2) is 0 Å². The number of ether oxygens (including phenoxy) is 1. The van der Waals surface area contributed by atoms with Crippen molar-refractivity contribution in [1.82, 2.24) is 5.32 Å². The number of unbranched alkanes of at least 4 members (excludes halogenated alkanes) is 6. The van der Waals surface area contributed by atoms with Crippen molar-refractivity contribution in [2.24, 2.45) is 0 Å². The molecule has 0 spiro atoms. The number of carbonyl (C=O) groups is 2. The fourth-order valence-electron chi connectivity index (χ4n) is 2.47. The zero-order valence-corrected chi connectivity index (χ0v) is 15.0. The van der Waals surface area contributed by atoms with Crippen LogP contribution in [0.2, 0.25) is 0 Å². The lowest BCUT2D eigenvalue weighted by Gasteiger charge is -2.12. The fraction of sp³-hybridized carbons (Fsp3) is 0.579. The molecule has 0 radical (unpaired) electrons. The molecular weight excluding hydrogens is 347 g/mol. The summed E-state index contributed by atoms with van der Waals surface area (Å²) in [5.41, 5.74) is -1.55. The molecule has 26 heavy (non-hydrogen) atoms. The average Bonchev–Trinajstić information content (AvgIpc) is 2.61. The van der Waals surface area contributed by atoms with E-state index in [0.29, 0.717) is 0 Å². The first-order valence-electron chi connectivity index (χ1n) is 8.96. The fourth-order valence-corrected chi connectivity index (χ4v) is 2.47. The zero-order valence-electron chi connectivity index (χ0n) is 15.0. The topological polar surface area (TPSA) is 55.4 Å². The molecule has 1 amide bonds. The maximum atomic E-state index is 12.9. The highest BCUT2D eigenvalue weighted by atomic mass is 19.4. The minimum absolute atomic E-state index is 0.252. The van der Waals surface area contributed by atoms with Gasteiger partial charge >= 0.3 is 12.1 Å². The maximum absolute atomic E-state index is 12.9. The number of amides is 1. The molecule has 0 aromatic heterocycles. The average molecular weight is 373 g/mol. The predicted octanol–water partition coefficient (Wildman–Crippen LogP) is 4.73. The number of hydrogen-bond acceptors (Lipinski definition) is 3. The molecule has 1 aromatic carbocycles. The van der Waals surface area contributed by atoms with Gasteiger partial charge in [-0.3, -0.25) is 9.59 Å². The smallest absolute Gasteiger partial charge is 0.417 e. The standard InChI is InChI=1S/C19H26F3NO3/c1-2-3-4-5-6-7-10-13-26-17(24)14-23-18(25)15-11-8-9-12-16(15)19(20,21)22/h8-9,11-12H,2-7,10,13-14H2,1H3,(H,23,25). The Balaban J connectivity index is 2.28. The van der Waals surface area contributed by atoms with Gasteiger partial charge in [-0.05, 0) is 18.6 Å². The highest BCUT2D eigenvalue weighted by molar-refractivity contribution is 5.97. The number of benzene rings is 1. The van der Waals surface area contributed by atoms with E-state index in [0.717, 1.165) is 37.8 Å². The van der Waals surface area contributed by atoms with E-state index in [1.807, 2.05) is 0 Å². The van der Waals surface area contributed by atoms with Crippen molar-refractivity contribution in [3.63, 3.8) is 0 Å². The Kier molecular flexibility index (Phi) is 9.76. The van der Waals surface area contributed by atoms with Crippen molar-refractivity contribution in [1.29, 1.82) is 0 Å². The molecule has 4 nitrogen and oxygen atoms in total. The molecule has 0 heterocycles. The summed E-state index contributed by atoms with van der Waals surface area (Å²) in [6.07, 6.45) is 2.94. The van der Waals surface area contributed by atoms with Gasteiger partial charge in [0.1, 0.15) is 6.54 Å². The summed E-state index contributed by atoms with van der Waals surface area (Å²) in [7, 11) is 0. The van der Waals surface area contributed by atoms with Crippen LogP contribution < -0.4 is 5.32 Å². The van der Waals surface area contributed by atoms with Crippen LogP contribution in [0.1, 0.15) is 67.8 Å². The third kappa shape index (κ3) is 8.36. The molecule has 0 aliphatic rings. The van der Waals surface area contributed by atoms with Crippen molar-refractivity contribution >= 4 is 11.9 Å². The van der Waals surface area contributed by atoms with Crippen LogP contribution in [0, 0.1) is 0 Å². The van der Waals surface area contributed by atoms with Gasteiger partial charge in [-0.1, -0.05) is 57.6 Å². The van der Waals surface area contributed by atoms with Crippen molar-refractivity contribution in [3.05, 3.63) is 35.4 Å². The summed E-state index contributed by atoms with van der Waals surface area (Å²) in [6.45, 7) is 1.95. The van der Waals surface area contributed by atoms with Crippen molar-refractivity contribution < 1.29 is 27.5 Å². The molecule has 0 saturated carbocycles. The van der Waals surface area contributed by atoms with Crippen LogP contribution >= 0.6 is 0 Å². The van der Waals surface area contributed by atoms with E-state index in [1.165, 1.54) is 31.4 Å². The largest absolute Gasteiger partial charge is 0.464 e. The Morgan fingerprint density at radius 2 is 1.62 bits per heavy atom. The number of alkyl halides is 3. The summed E-state index contributed by atoms with van der Waals surface area (Å²) in [5, 5.41) is 2.17. The monoisotopic (exact) mass is 373 g/mol. The van der Waals surface area contributed by atoms with Crippen LogP contribution in [0.5, 0.6) is 0 Å². The Bertz CT molecular complexity index is 573. The van der Waals surface area contributed by atoms with E-state index in [4.69, 9.17) is 4.74 Å². The highest BCUT2D eigenvalue weighted by Crippen LogP contribution is 2.31. The number of esters is 1. The molecule has 1 aromatic rings. The van der Waals surface area contributed by atoms with Crippen LogP contribution in [-0.2, 0) is 15.7 Å². The number of hydrogen-bond donors (Lipinski definition) is 1. The molecule has 0 saturated heterocycles. The van der Waals surface area contributed by atoms with E-state index in [9.17, 15) is 22.8 Å². The molecule has 7 heteroatoms. The normalized spacial score (nSPS) is 11.2. The van der Waals surface area contributed by atoms with E-state index >= 15 is 0 Å². The van der Waals surface area contributed by atoms with Gasteiger partial charge in [0.05, 0.1) is 17.7 Å². The first-order chi connectivity index (χ1) is 12.4. The quantitative estimate of drug-likeness (QED) is 0.451. The second-order valence-electron chi connectivity index (χ2n) is 6.07. The molecule has 0 fully saturated rings. The van der Waals surface area contributed by atoms with E-state index in [2.05, 4.69) is 12.2 Å². The van der Waals surface area contributed by atoms with Crippen LogP contribution in [0.25, 0.3) is 0 Å². The third-order valence-electron chi connectivity index (χ3n) is 3.88. The second-order valence-corrected chi connectivity index (χ2v) is 6.07. The number of carbonyl (C=O) groups excluding carboxylic acids is 2. The minimum Gasteiger partial charge on any atom is -0.464 e. The van der Waals surface area contributed by atoms with Gasteiger partial charge in [0.2, 0.25) is 0 Å². The number of rotatable bonds is 11. The molecule has 1 rings (SSSR count). The first-order valence-corrected chi connectivity index (χ1v) is 8.96. The van der Waals surface area contributed by atoms with Crippen molar-refractivity contribution in [2.45, 2.75) is 58.0 Å². The van der Waals surface area contributed by atoms with E-state index in [-0.39, 0.29) is 6.61 Å². The van der Waals surface area contributed by atoms with Crippen LogP contribution in [0.3, 0.4) is 0 Å². The van der Waals surface area contributed by atoms with E-state index < -0.39 is 35.7 Å². The zero-order chi connectivity index (χ0) is 19.4. The third-order valence-corrected chi connectivity index (χ3v) is 3.88. The molecule has 0 aliphatic heterocycles. The predicted molar refractivity (Wildman–Crippen MR) is 92.7 cm³/mol. The first kappa shape index (κ1) is 22.0. The van der Waals surface area contributed by atoms with Gasteiger partial charge in [0.25, 0.3) is 5.91 Å². The van der Waals surface area contributed by atoms with Crippen LogP contribution in [0.15, 0.2) is 24.3 Å². The number of nitrogens with one attached hydrogen (secondary N) is 1. The van der Waals surface area contributed by atoms with Crippen LogP contribution in [0.4, 0.5) is 13.2 Å². The van der Waals surface area contributed by atoms with Gasteiger partial charge in [-0.15, -0.1) is 0 Å². The highest BCUT2D eigenvalue weighted by Gasteiger charge is 2.34. The Labute approximate surface area is 152 Å². The molecule has 1 N–H and O–H groups in total. The lowest BCUT2D eigenvalue weighted by molar-refractivity contribution is -0.142. The molecule has 0 atom stereocenters. The molecule has 0 bridgehead atoms. The number of halogens is 3. The molecule has 146 valence electrons. The minimum atomic E-state index is -4.63. The van der Waals surface area contributed by atoms with Gasteiger partial charge in [0.15, 0.2) is 0 Å². The molecule has 0 unspecified atom stereocenters. The van der Waals surface area contributed by atoms with Crippen molar-refractivity contribution in [2.75, 3.05) is 13.2 Å². The second kappa shape index (κ2) is 11.5. The summed E-state index contributed by atoms with van der Waals surface area (Å²) in [4.78, 5) is 23.5. The van der Waals surface area contributed by atoms with Gasteiger partial charge in [-0.2, -0.15) is 13.2 Å². The Hall–Kier alpha value is -2.05. The molecular formula is C19H26F3NO3. The van der Waals surface area contributed by atoms with Crippen molar-refractivity contribution in [3.8, 4) is 0 Å². The summed E-state index contributed by atoms with van der Waals surface area (Å²) in [6, 6.07) is 4.44. The summed E-state index contributed by atoms with van der Waals surface area (Å²) in [5.74, 6) is -1.61.